The number of hydrogen-bond acceptors (Lipinski definition) is 3. The summed E-state index contributed by atoms with van der Waals surface area (Å²) in [5.74, 6) is 0.731. The fraction of sp³-hybridized carbons (Fsp3) is 0.909. The number of hydrogen-bond donors (Lipinski definition) is 2. The molecule has 0 saturated heterocycles. The van der Waals surface area contributed by atoms with Crippen LogP contribution >= 0.6 is 0 Å². The summed E-state index contributed by atoms with van der Waals surface area (Å²) in [6, 6.07) is 0. The molecule has 0 heterocycles. The summed E-state index contributed by atoms with van der Waals surface area (Å²) >= 11 is 0. The summed E-state index contributed by atoms with van der Waals surface area (Å²) in [5, 5.41) is 2.89. The molecule has 0 unspecified atom stereocenters. The van der Waals surface area contributed by atoms with Crippen molar-refractivity contribution in [2.24, 2.45) is 17.1 Å². The summed E-state index contributed by atoms with van der Waals surface area (Å²) < 4.78 is 5.16. The normalized spacial score (nSPS) is 29.7. The number of nitrogens with two attached hydrogens (primary N) is 1. The lowest BCUT2D eigenvalue weighted by Gasteiger charge is -2.44. The minimum Gasteiger partial charge on any atom is -0.380 e. The van der Waals surface area contributed by atoms with Crippen molar-refractivity contribution in [3.8, 4) is 0 Å². The van der Waals surface area contributed by atoms with Gasteiger partial charge >= 0.3 is 0 Å². The molecule has 3 N–H and O–H groups in total. The van der Waals surface area contributed by atoms with Crippen LogP contribution in [0.4, 0.5) is 0 Å². The molecule has 1 amide bonds. The molecule has 88 valence electrons. The zero-order valence-electron chi connectivity index (χ0n) is 9.71. The Kier molecular flexibility index (Phi) is 4.54. The van der Waals surface area contributed by atoms with Crippen LogP contribution in [-0.2, 0) is 9.53 Å². The molecule has 0 aromatic rings. The van der Waals surface area contributed by atoms with Crippen LogP contribution in [-0.4, -0.2) is 32.2 Å². The molecule has 0 aromatic heterocycles. The highest BCUT2D eigenvalue weighted by molar-refractivity contribution is 5.83. The first-order valence-corrected chi connectivity index (χ1v) is 5.70. The predicted molar refractivity (Wildman–Crippen MR) is 59.4 cm³/mol. The first kappa shape index (κ1) is 12.5. The first-order valence-electron chi connectivity index (χ1n) is 5.70. The zero-order valence-corrected chi connectivity index (χ0v) is 9.71. The van der Waals surface area contributed by atoms with E-state index in [1.165, 1.54) is 0 Å². The Morgan fingerprint density at radius 3 is 2.73 bits per heavy atom. The van der Waals surface area contributed by atoms with Gasteiger partial charge in [0.25, 0.3) is 0 Å². The van der Waals surface area contributed by atoms with Gasteiger partial charge in [-0.1, -0.05) is 6.92 Å². The lowest BCUT2D eigenvalue weighted by molar-refractivity contribution is -0.138. The average Bonchev–Trinajstić information content (AvgIpc) is 2.19. The van der Waals surface area contributed by atoms with Gasteiger partial charge in [0.1, 0.15) is 0 Å². The third kappa shape index (κ3) is 2.92. The molecule has 0 bridgehead atoms. The van der Waals surface area contributed by atoms with E-state index in [0.29, 0.717) is 32.2 Å². The second kappa shape index (κ2) is 5.47. The Morgan fingerprint density at radius 1 is 1.60 bits per heavy atom. The van der Waals surface area contributed by atoms with Gasteiger partial charge in [-0.05, 0) is 25.7 Å². The van der Waals surface area contributed by atoms with Crippen molar-refractivity contribution in [1.82, 2.24) is 5.32 Å². The second-order valence-corrected chi connectivity index (χ2v) is 4.45. The van der Waals surface area contributed by atoms with Crippen LogP contribution in [0.3, 0.4) is 0 Å². The first-order chi connectivity index (χ1) is 7.14. The van der Waals surface area contributed by atoms with E-state index in [9.17, 15) is 4.79 Å². The molecule has 1 fully saturated rings. The van der Waals surface area contributed by atoms with Crippen LogP contribution < -0.4 is 11.1 Å². The van der Waals surface area contributed by atoms with Crippen LogP contribution in [0.2, 0.25) is 0 Å². The largest absolute Gasteiger partial charge is 0.380 e. The molecule has 0 spiro atoms. The van der Waals surface area contributed by atoms with E-state index in [1.54, 1.807) is 0 Å². The van der Waals surface area contributed by atoms with E-state index < -0.39 is 0 Å². The number of carbonyl (C=O) groups excluding carboxylic acids is 1. The van der Waals surface area contributed by atoms with Crippen molar-refractivity contribution >= 4 is 5.91 Å². The lowest BCUT2D eigenvalue weighted by Crippen LogP contribution is -2.53. The van der Waals surface area contributed by atoms with Crippen molar-refractivity contribution in [3.05, 3.63) is 0 Å². The van der Waals surface area contributed by atoms with Crippen LogP contribution in [0.15, 0.2) is 0 Å². The molecule has 0 radical (unpaired) electrons. The molecule has 0 aliphatic heterocycles. The summed E-state index contributed by atoms with van der Waals surface area (Å²) in [5.41, 5.74) is 5.38. The highest BCUT2D eigenvalue weighted by Gasteiger charge is 2.46. The maximum Gasteiger partial charge on any atom is 0.227 e. The van der Waals surface area contributed by atoms with E-state index in [2.05, 4.69) is 12.2 Å². The molecule has 15 heavy (non-hydrogen) atoms. The standard InChI is InChI=1S/C11H22N2O2/c1-3-15-5-4-13-10(14)11(8-12)6-9(2)7-11/h9H,3-8,12H2,1-2H3,(H,13,14). The van der Waals surface area contributed by atoms with Crippen molar-refractivity contribution in [3.63, 3.8) is 0 Å². The number of amides is 1. The van der Waals surface area contributed by atoms with Crippen molar-refractivity contribution in [2.45, 2.75) is 26.7 Å². The van der Waals surface area contributed by atoms with E-state index in [0.717, 1.165) is 12.8 Å². The second-order valence-electron chi connectivity index (χ2n) is 4.45. The van der Waals surface area contributed by atoms with Gasteiger partial charge in [-0.25, -0.2) is 0 Å². The summed E-state index contributed by atoms with van der Waals surface area (Å²) in [4.78, 5) is 11.8. The quantitative estimate of drug-likeness (QED) is 0.633. The Hall–Kier alpha value is -0.610. The summed E-state index contributed by atoms with van der Waals surface area (Å²) in [7, 11) is 0. The molecule has 1 rings (SSSR count). The third-order valence-electron chi connectivity index (χ3n) is 3.09. The Morgan fingerprint density at radius 2 is 2.27 bits per heavy atom. The van der Waals surface area contributed by atoms with Gasteiger partial charge < -0.3 is 15.8 Å². The Labute approximate surface area is 91.5 Å². The van der Waals surface area contributed by atoms with Gasteiger partial charge in [-0.15, -0.1) is 0 Å². The Balaban J connectivity index is 2.26. The maximum atomic E-state index is 11.8. The minimum absolute atomic E-state index is 0.0998. The van der Waals surface area contributed by atoms with Crippen LogP contribution in [0.1, 0.15) is 26.7 Å². The fourth-order valence-corrected chi connectivity index (χ4v) is 2.29. The molecule has 0 aromatic carbocycles. The van der Waals surface area contributed by atoms with Crippen molar-refractivity contribution < 1.29 is 9.53 Å². The average molecular weight is 214 g/mol. The van der Waals surface area contributed by atoms with Crippen molar-refractivity contribution in [2.75, 3.05) is 26.3 Å². The molecule has 1 aliphatic rings. The van der Waals surface area contributed by atoms with Gasteiger partial charge in [0.2, 0.25) is 5.91 Å². The van der Waals surface area contributed by atoms with Crippen LogP contribution in [0, 0.1) is 11.3 Å². The van der Waals surface area contributed by atoms with E-state index in [4.69, 9.17) is 10.5 Å². The van der Waals surface area contributed by atoms with Crippen LogP contribution in [0.5, 0.6) is 0 Å². The summed E-state index contributed by atoms with van der Waals surface area (Å²) in [6.07, 6.45) is 1.84. The van der Waals surface area contributed by atoms with E-state index in [-0.39, 0.29) is 11.3 Å². The highest BCUT2D eigenvalue weighted by Crippen LogP contribution is 2.44. The van der Waals surface area contributed by atoms with Gasteiger partial charge in [0, 0.05) is 19.7 Å². The monoisotopic (exact) mass is 214 g/mol. The number of rotatable bonds is 6. The molecular formula is C11H22N2O2. The van der Waals surface area contributed by atoms with Gasteiger partial charge in [0.05, 0.1) is 12.0 Å². The van der Waals surface area contributed by atoms with E-state index >= 15 is 0 Å². The van der Waals surface area contributed by atoms with Crippen molar-refractivity contribution in [1.29, 1.82) is 0 Å². The molecule has 1 aliphatic carbocycles. The molecule has 4 nitrogen and oxygen atoms in total. The van der Waals surface area contributed by atoms with Gasteiger partial charge in [0.15, 0.2) is 0 Å². The SMILES string of the molecule is CCOCCNC(=O)C1(CN)CC(C)C1. The molecular weight excluding hydrogens is 192 g/mol. The molecule has 0 atom stereocenters. The number of carbonyl (C=O) groups is 1. The summed E-state index contributed by atoms with van der Waals surface area (Å²) in [6.45, 7) is 6.41. The van der Waals surface area contributed by atoms with Crippen LogP contribution in [0.25, 0.3) is 0 Å². The molecule has 1 saturated carbocycles. The minimum atomic E-state index is -0.286. The number of nitrogens with one attached hydrogen (secondary N) is 1. The maximum absolute atomic E-state index is 11.8. The smallest absolute Gasteiger partial charge is 0.227 e. The fourth-order valence-electron chi connectivity index (χ4n) is 2.29. The van der Waals surface area contributed by atoms with Gasteiger partial charge in [-0.3, -0.25) is 4.79 Å². The highest BCUT2D eigenvalue weighted by atomic mass is 16.5. The topological polar surface area (TPSA) is 64.3 Å². The van der Waals surface area contributed by atoms with E-state index in [1.807, 2.05) is 6.92 Å². The number of ether oxygens (including phenoxy) is 1. The molecule has 4 heteroatoms. The van der Waals surface area contributed by atoms with Gasteiger partial charge in [-0.2, -0.15) is 0 Å². The Bertz CT molecular complexity index is 213. The predicted octanol–water partition coefficient (Wildman–Crippen LogP) is 0.514. The lowest BCUT2D eigenvalue weighted by atomic mass is 9.62. The zero-order chi connectivity index (χ0) is 11.3. The third-order valence-corrected chi connectivity index (χ3v) is 3.09.